The maximum Gasteiger partial charge on any atom is 1.00 e. The number of ether oxygens (including phenoxy) is 1. The molecule has 0 spiro atoms. The van der Waals surface area contributed by atoms with E-state index < -0.39 is 11.5 Å². The van der Waals surface area contributed by atoms with Gasteiger partial charge in [0, 0.05) is 26.2 Å². The Morgan fingerprint density at radius 2 is 1.47 bits per heavy atom. The molecule has 1 rings (SSSR count). The molecule has 0 bridgehead atoms. The number of rotatable bonds is 1. The van der Waals surface area contributed by atoms with Gasteiger partial charge in [0.1, 0.15) is 11.5 Å². The van der Waals surface area contributed by atoms with Crippen LogP contribution in [0.4, 0.5) is 4.79 Å². The van der Waals surface area contributed by atoms with E-state index in [9.17, 15) is 14.4 Å². The first-order valence-electron chi connectivity index (χ1n) is 5.48. The monoisotopic (exact) mass is 299 g/mol. The van der Waals surface area contributed by atoms with Gasteiger partial charge in [0.15, 0.2) is 0 Å². The molecule has 2 amide bonds. The molecule has 0 aliphatic carbocycles. The molecule has 1 aliphatic heterocycles. The van der Waals surface area contributed by atoms with Crippen molar-refractivity contribution in [1.82, 2.24) is 9.80 Å². The molecule has 0 aromatic rings. The zero-order valence-corrected chi connectivity index (χ0v) is 15.1. The summed E-state index contributed by atoms with van der Waals surface area (Å²) < 4.78 is 5.21. The van der Waals surface area contributed by atoms with E-state index in [2.05, 4.69) is 0 Å². The summed E-state index contributed by atoms with van der Waals surface area (Å²) in [6.07, 6.45) is 0.930. The fraction of sp³-hybridized carbons (Fsp3) is 0.727. The predicted octanol–water partition coefficient (Wildman–Crippen LogP) is -3.74. The van der Waals surface area contributed by atoms with Crippen molar-refractivity contribution in [1.29, 1.82) is 0 Å². The molecular formula is C11H20KN2O5+. The van der Waals surface area contributed by atoms with Crippen LogP contribution in [0.3, 0.4) is 0 Å². The van der Waals surface area contributed by atoms with Crippen LogP contribution in [-0.2, 0) is 19.8 Å². The minimum absolute atomic E-state index is 0. The summed E-state index contributed by atoms with van der Waals surface area (Å²) in [6.45, 7) is 6.83. The molecule has 0 saturated carbocycles. The van der Waals surface area contributed by atoms with Crippen LogP contribution in [0.25, 0.3) is 0 Å². The van der Waals surface area contributed by atoms with Gasteiger partial charge in [-0.2, -0.15) is 6.29 Å². The van der Waals surface area contributed by atoms with Gasteiger partial charge < -0.3 is 29.6 Å². The predicted molar refractivity (Wildman–Crippen MR) is 65.0 cm³/mol. The molecule has 0 aromatic heterocycles. The Bertz CT molecular complexity index is 322. The van der Waals surface area contributed by atoms with Gasteiger partial charge in [0.25, 0.3) is 0 Å². The van der Waals surface area contributed by atoms with E-state index in [0.29, 0.717) is 26.2 Å². The van der Waals surface area contributed by atoms with Gasteiger partial charge in [0.05, 0.1) is 0 Å². The maximum atomic E-state index is 11.7. The summed E-state index contributed by atoms with van der Waals surface area (Å²) in [4.78, 5) is 35.8. The molecule has 0 atom stereocenters. The molecule has 8 heteroatoms. The Morgan fingerprint density at radius 3 is 1.84 bits per heavy atom. The van der Waals surface area contributed by atoms with Crippen LogP contribution in [0.15, 0.2) is 0 Å². The van der Waals surface area contributed by atoms with E-state index >= 15 is 0 Å². The van der Waals surface area contributed by atoms with Gasteiger partial charge in [0.2, 0.25) is 0 Å². The second-order valence-corrected chi connectivity index (χ2v) is 4.86. The van der Waals surface area contributed by atoms with Crippen molar-refractivity contribution in [2.24, 2.45) is 0 Å². The summed E-state index contributed by atoms with van der Waals surface area (Å²) in [5.41, 5.74) is -0.527. The zero-order valence-electron chi connectivity index (χ0n) is 11.9. The fourth-order valence-corrected chi connectivity index (χ4v) is 1.48. The normalized spacial score (nSPS) is 14.9. The third-order valence-electron chi connectivity index (χ3n) is 2.31. The van der Waals surface area contributed by atoms with Gasteiger partial charge in [-0.05, 0) is 20.8 Å². The Hall–Kier alpha value is 0.00636. The molecule has 3 N–H and O–H groups in total. The largest absolute Gasteiger partial charge is 1.00 e. The number of carbonyl (C=O) groups is 2. The molecule has 0 aromatic carbocycles. The summed E-state index contributed by atoms with van der Waals surface area (Å²) >= 11 is 0. The van der Waals surface area contributed by atoms with Crippen molar-refractivity contribution in [2.45, 2.75) is 26.4 Å². The number of hydrogen-bond donors (Lipinski definition) is 0. The Kier molecular flexibility index (Phi) is 10.1. The standard InChI is InChI=1S/C11H17N2O4.K.H2O/c1-11(2,3)17-10(16)13-6-4-12(5-7-13)9(15)8-14;;/h4-7H2,1-3H3;;1H2/q-1;+1;/p+1. The number of carbonyl (C=O) groups excluding carboxylic acids is 3. The summed E-state index contributed by atoms with van der Waals surface area (Å²) in [5, 5.41) is 0. The van der Waals surface area contributed by atoms with E-state index in [0.717, 1.165) is 0 Å². The third kappa shape index (κ3) is 7.38. The quantitative estimate of drug-likeness (QED) is 0.215. The molecule has 1 heterocycles. The van der Waals surface area contributed by atoms with Crippen molar-refractivity contribution >= 4 is 18.3 Å². The summed E-state index contributed by atoms with van der Waals surface area (Å²) in [6, 6.07) is 0. The molecule has 1 saturated heterocycles. The Labute approximate surface area is 155 Å². The number of amides is 2. The number of piperazine rings is 1. The third-order valence-corrected chi connectivity index (χ3v) is 2.31. The fourth-order valence-electron chi connectivity index (χ4n) is 1.48. The smallest absolute Gasteiger partial charge is 0.532 e. The molecule has 7 nitrogen and oxygen atoms in total. The van der Waals surface area contributed by atoms with Crippen molar-refractivity contribution in [2.75, 3.05) is 26.2 Å². The van der Waals surface area contributed by atoms with Gasteiger partial charge in [-0.3, -0.25) is 0 Å². The van der Waals surface area contributed by atoms with Gasteiger partial charge in [-0.15, -0.1) is 0 Å². The van der Waals surface area contributed by atoms with E-state index in [1.807, 2.05) is 0 Å². The van der Waals surface area contributed by atoms with Crippen LogP contribution >= 0.6 is 0 Å². The van der Waals surface area contributed by atoms with E-state index in [1.54, 1.807) is 20.8 Å². The molecular weight excluding hydrogens is 279 g/mol. The Morgan fingerprint density at radius 1 is 1.05 bits per heavy atom. The van der Waals surface area contributed by atoms with E-state index in [1.165, 1.54) is 16.1 Å². The van der Waals surface area contributed by atoms with Crippen LogP contribution in [0, 0.1) is 0 Å². The van der Waals surface area contributed by atoms with Crippen molar-refractivity contribution in [3.63, 3.8) is 0 Å². The van der Waals surface area contributed by atoms with Gasteiger partial charge in [-0.25, -0.2) is 4.79 Å². The Balaban J connectivity index is 0. The van der Waals surface area contributed by atoms with Gasteiger partial charge >= 0.3 is 57.5 Å². The first-order valence-corrected chi connectivity index (χ1v) is 5.48. The van der Waals surface area contributed by atoms with Crippen LogP contribution in [0.5, 0.6) is 0 Å². The summed E-state index contributed by atoms with van der Waals surface area (Å²) in [7, 11) is 0. The maximum absolute atomic E-state index is 11.7. The molecule has 19 heavy (non-hydrogen) atoms. The van der Waals surface area contributed by atoms with Crippen molar-refractivity contribution < 1.29 is 76.0 Å². The minimum Gasteiger partial charge on any atom is -0.532 e. The second kappa shape index (κ2) is 9.04. The second-order valence-electron chi connectivity index (χ2n) is 4.86. The van der Waals surface area contributed by atoms with Crippen LogP contribution in [0.1, 0.15) is 20.8 Å². The van der Waals surface area contributed by atoms with Crippen molar-refractivity contribution in [3.8, 4) is 0 Å². The molecule has 0 unspecified atom stereocenters. The van der Waals surface area contributed by atoms with Crippen LogP contribution in [0.2, 0.25) is 0 Å². The average molecular weight is 299 g/mol. The molecule has 104 valence electrons. The van der Waals surface area contributed by atoms with Crippen LogP contribution in [-0.4, -0.2) is 59.9 Å². The SMILES string of the molecule is CC(C)(C)OC(=O)N1CCN(C(=O)[C-]=O)CC1.[K+].[OH3+]. The average Bonchev–Trinajstić information content (AvgIpc) is 2.26. The van der Waals surface area contributed by atoms with Crippen molar-refractivity contribution in [3.05, 3.63) is 0 Å². The summed E-state index contributed by atoms with van der Waals surface area (Å²) in [5.74, 6) is -0.658. The van der Waals surface area contributed by atoms with Crippen LogP contribution < -0.4 is 51.4 Å². The first-order chi connectivity index (χ1) is 7.83. The zero-order chi connectivity index (χ0) is 13.1. The molecule has 1 aliphatic rings. The number of nitrogens with zero attached hydrogens (tertiary/aromatic N) is 2. The number of hydrogen-bond acceptors (Lipinski definition) is 4. The van der Waals surface area contributed by atoms with Gasteiger partial charge in [-0.1, -0.05) is 0 Å². The first kappa shape index (κ1) is 21.3. The minimum atomic E-state index is -0.658. The molecule has 1 fully saturated rings. The van der Waals surface area contributed by atoms with E-state index in [4.69, 9.17) is 4.74 Å². The topological polar surface area (TPSA) is 99.9 Å². The van der Waals surface area contributed by atoms with E-state index in [-0.39, 0.29) is 63.0 Å². The molecule has 0 radical (unpaired) electrons.